The highest BCUT2D eigenvalue weighted by atomic mass is 19.1. The van der Waals surface area contributed by atoms with E-state index in [4.69, 9.17) is 4.74 Å². The predicted octanol–water partition coefficient (Wildman–Crippen LogP) is 2.85. The van der Waals surface area contributed by atoms with Gasteiger partial charge in [-0.2, -0.15) is 0 Å². The minimum Gasteiger partial charge on any atom is -0.368 e. The van der Waals surface area contributed by atoms with E-state index in [0.717, 1.165) is 11.3 Å². The lowest BCUT2D eigenvalue weighted by atomic mass is 10.1. The van der Waals surface area contributed by atoms with E-state index in [1.807, 2.05) is 24.3 Å². The second kappa shape index (κ2) is 8.74. The molecule has 33 heavy (non-hydrogen) atoms. The van der Waals surface area contributed by atoms with Gasteiger partial charge in [-0.1, -0.05) is 17.3 Å². The summed E-state index contributed by atoms with van der Waals surface area (Å²) in [5.41, 5.74) is 3.58. The maximum atomic E-state index is 13.2. The quantitative estimate of drug-likeness (QED) is 0.570. The molecule has 1 amide bonds. The lowest BCUT2D eigenvalue weighted by Gasteiger charge is -2.36. The molecule has 2 aliphatic rings. The maximum Gasteiger partial charge on any atom is 0.276 e. The van der Waals surface area contributed by atoms with Crippen molar-refractivity contribution >= 4 is 17.4 Å². The van der Waals surface area contributed by atoms with E-state index in [-0.39, 0.29) is 30.2 Å². The molecule has 1 unspecified atom stereocenters. The number of halogens is 1. The molecule has 0 radical (unpaired) electrons. The van der Waals surface area contributed by atoms with Gasteiger partial charge in [0.1, 0.15) is 11.9 Å². The Kier molecular flexibility index (Phi) is 5.63. The number of nitrogens with zero attached hydrogens (tertiary/aromatic N) is 5. The van der Waals surface area contributed by atoms with Crippen molar-refractivity contribution in [3.05, 3.63) is 76.9 Å². The second-order valence-corrected chi connectivity index (χ2v) is 8.30. The Hall–Kier alpha value is -3.59. The Balaban J connectivity index is 1.23. The Morgan fingerprint density at radius 3 is 2.36 bits per heavy atom. The Morgan fingerprint density at radius 1 is 1.00 bits per heavy atom. The SMILES string of the molecule is CC(=O)c1ccc(N2CCN(C(=O)c3nnn4c3COC(c3ccc(F)cc3)C4)CC2)cc1. The molecule has 9 heteroatoms. The number of benzene rings is 2. The summed E-state index contributed by atoms with van der Waals surface area (Å²) < 4.78 is 20.8. The Morgan fingerprint density at radius 2 is 1.70 bits per heavy atom. The average Bonchev–Trinajstić information content (AvgIpc) is 3.27. The fraction of sp³-hybridized carbons (Fsp3) is 0.333. The topological polar surface area (TPSA) is 80.6 Å². The molecule has 5 rings (SSSR count). The van der Waals surface area contributed by atoms with E-state index in [2.05, 4.69) is 15.2 Å². The van der Waals surface area contributed by atoms with Crippen molar-refractivity contribution in [1.29, 1.82) is 0 Å². The van der Waals surface area contributed by atoms with Crippen molar-refractivity contribution in [3.63, 3.8) is 0 Å². The largest absolute Gasteiger partial charge is 0.368 e. The van der Waals surface area contributed by atoms with Crippen LogP contribution in [0.3, 0.4) is 0 Å². The molecule has 2 aliphatic heterocycles. The molecule has 3 aromatic rings. The van der Waals surface area contributed by atoms with E-state index in [0.29, 0.717) is 49.7 Å². The lowest BCUT2D eigenvalue weighted by Crippen LogP contribution is -2.49. The number of aromatic nitrogens is 3. The Labute approximate surface area is 190 Å². The van der Waals surface area contributed by atoms with Gasteiger partial charge in [0, 0.05) is 37.4 Å². The standard InChI is InChI=1S/C24H24FN5O3/c1-16(31)17-4-8-20(9-5-17)28-10-12-29(13-11-28)24(32)23-21-15-33-22(14-30(21)27-26-23)18-2-6-19(25)7-3-18/h2-9,22H,10-15H2,1H3. The van der Waals surface area contributed by atoms with Crippen molar-refractivity contribution in [2.24, 2.45) is 0 Å². The van der Waals surface area contributed by atoms with Crippen LogP contribution in [0.1, 0.15) is 45.1 Å². The van der Waals surface area contributed by atoms with Crippen LogP contribution in [0, 0.1) is 5.82 Å². The number of hydrogen-bond donors (Lipinski definition) is 0. The third-order valence-corrected chi connectivity index (χ3v) is 6.25. The van der Waals surface area contributed by atoms with E-state index in [1.54, 1.807) is 28.6 Å². The summed E-state index contributed by atoms with van der Waals surface area (Å²) in [6.45, 7) is 4.72. The van der Waals surface area contributed by atoms with Crippen LogP contribution in [0.2, 0.25) is 0 Å². The van der Waals surface area contributed by atoms with E-state index in [9.17, 15) is 14.0 Å². The van der Waals surface area contributed by atoms with Gasteiger partial charge in [0.25, 0.3) is 5.91 Å². The fourth-order valence-corrected chi connectivity index (χ4v) is 4.28. The number of fused-ring (bicyclic) bond motifs is 1. The van der Waals surface area contributed by atoms with Crippen molar-refractivity contribution in [1.82, 2.24) is 19.9 Å². The van der Waals surface area contributed by atoms with Crippen LogP contribution in [0.4, 0.5) is 10.1 Å². The van der Waals surface area contributed by atoms with Crippen LogP contribution in [0.5, 0.6) is 0 Å². The van der Waals surface area contributed by atoms with Gasteiger partial charge in [0.15, 0.2) is 11.5 Å². The second-order valence-electron chi connectivity index (χ2n) is 8.30. The summed E-state index contributed by atoms with van der Waals surface area (Å²) in [4.78, 5) is 28.6. The number of hydrogen-bond acceptors (Lipinski definition) is 6. The van der Waals surface area contributed by atoms with E-state index >= 15 is 0 Å². The molecule has 170 valence electrons. The predicted molar refractivity (Wildman–Crippen MR) is 119 cm³/mol. The number of ether oxygens (including phenoxy) is 1. The van der Waals surface area contributed by atoms with Crippen LogP contribution in [-0.2, 0) is 17.9 Å². The van der Waals surface area contributed by atoms with Gasteiger partial charge >= 0.3 is 0 Å². The number of piperazine rings is 1. The van der Waals surface area contributed by atoms with Crippen LogP contribution < -0.4 is 4.90 Å². The van der Waals surface area contributed by atoms with Crippen molar-refractivity contribution in [2.45, 2.75) is 26.2 Å². The fourth-order valence-electron chi connectivity index (χ4n) is 4.28. The molecule has 0 spiro atoms. The minimum absolute atomic E-state index is 0.0435. The summed E-state index contributed by atoms with van der Waals surface area (Å²) in [6.07, 6.45) is -0.263. The number of amides is 1. The van der Waals surface area contributed by atoms with Gasteiger partial charge in [-0.15, -0.1) is 5.10 Å². The number of carbonyl (C=O) groups is 2. The molecule has 1 aromatic heterocycles. The molecule has 1 fully saturated rings. The number of ketones is 1. The van der Waals surface area contributed by atoms with Gasteiger partial charge < -0.3 is 14.5 Å². The minimum atomic E-state index is -0.294. The van der Waals surface area contributed by atoms with Crippen LogP contribution >= 0.6 is 0 Å². The summed E-state index contributed by atoms with van der Waals surface area (Å²) >= 11 is 0. The zero-order valence-electron chi connectivity index (χ0n) is 18.3. The molecule has 1 saturated heterocycles. The highest BCUT2D eigenvalue weighted by molar-refractivity contribution is 5.94. The zero-order valence-corrected chi connectivity index (χ0v) is 18.3. The number of rotatable bonds is 4. The molecule has 0 bridgehead atoms. The van der Waals surface area contributed by atoms with Gasteiger partial charge in [-0.3, -0.25) is 9.59 Å². The number of anilines is 1. The van der Waals surface area contributed by atoms with Gasteiger partial charge in [0.05, 0.1) is 18.8 Å². The monoisotopic (exact) mass is 449 g/mol. The molecule has 8 nitrogen and oxygen atoms in total. The first kappa shape index (κ1) is 21.3. The summed E-state index contributed by atoms with van der Waals surface area (Å²) in [7, 11) is 0. The first-order valence-electron chi connectivity index (χ1n) is 10.9. The van der Waals surface area contributed by atoms with Gasteiger partial charge in [-0.05, 0) is 48.9 Å². The zero-order chi connectivity index (χ0) is 22.9. The Bertz CT molecular complexity index is 1170. The molecule has 0 aliphatic carbocycles. The maximum absolute atomic E-state index is 13.2. The summed E-state index contributed by atoms with van der Waals surface area (Å²) in [5, 5.41) is 8.33. The van der Waals surface area contributed by atoms with Gasteiger partial charge in [0.2, 0.25) is 0 Å². The van der Waals surface area contributed by atoms with Crippen molar-refractivity contribution in [3.8, 4) is 0 Å². The molecular weight excluding hydrogens is 425 g/mol. The lowest BCUT2D eigenvalue weighted by molar-refractivity contribution is -0.00199. The van der Waals surface area contributed by atoms with E-state index < -0.39 is 0 Å². The van der Waals surface area contributed by atoms with Crippen LogP contribution in [0.25, 0.3) is 0 Å². The van der Waals surface area contributed by atoms with Crippen molar-refractivity contribution < 1.29 is 18.7 Å². The molecule has 2 aromatic carbocycles. The smallest absolute Gasteiger partial charge is 0.276 e. The summed E-state index contributed by atoms with van der Waals surface area (Å²) in [5.74, 6) is -0.398. The number of carbonyl (C=O) groups excluding carboxylic acids is 2. The first-order chi connectivity index (χ1) is 16.0. The normalized spacial score (nSPS) is 18.2. The molecule has 0 saturated carbocycles. The van der Waals surface area contributed by atoms with Gasteiger partial charge in [-0.25, -0.2) is 9.07 Å². The highest BCUT2D eigenvalue weighted by Crippen LogP contribution is 2.28. The molecular formula is C24H24FN5O3. The average molecular weight is 449 g/mol. The third-order valence-electron chi connectivity index (χ3n) is 6.25. The first-order valence-corrected chi connectivity index (χ1v) is 10.9. The van der Waals surface area contributed by atoms with Crippen LogP contribution in [-0.4, -0.2) is 57.8 Å². The molecule has 0 N–H and O–H groups in total. The highest BCUT2D eigenvalue weighted by Gasteiger charge is 2.31. The molecule has 1 atom stereocenters. The summed E-state index contributed by atoms with van der Waals surface area (Å²) in [6, 6.07) is 13.7. The molecule has 3 heterocycles. The van der Waals surface area contributed by atoms with E-state index in [1.165, 1.54) is 12.1 Å². The van der Waals surface area contributed by atoms with Crippen molar-refractivity contribution in [2.75, 3.05) is 31.1 Å². The van der Waals surface area contributed by atoms with Crippen LogP contribution in [0.15, 0.2) is 48.5 Å². The number of Topliss-reactive ketones (excluding diaryl/α,β-unsaturated/α-hetero) is 1. The third kappa shape index (κ3) is 4.23.